The zero-order valence-corrected chi connectivity index (χ0v) is 14.7. The van der Waals surface area contributed by atoms with E-state index in [9.17, 15) is 4.79 Å². The van der Waals surface area contributed by atoms with Crippen LogP contribution in [0.2, 0.25) is 0 Å². The summed E-state index contributed by atoms with van der Waals surface area (Å²) >= 11 is 0. The van der Waals surface area contributed by atoms with Crippen LogP contribution in [-0.2, 0) is 4.74 Å². The van der Waals surface area contributed by atoms with E-state index in [0.717, 1.165) is 5.75 Å². The van der Waals surface area contributed by atoms with Crippen LogP contribution >= 0.6 is 0 Å². The predicted molar refractivity (Wildman–Crippen MR) is 97.2 cm³/mol. The first-order chi connectivity index (χ1) is 12.3. The summed E-state index contributed by atoms with van der Waals surface area (Å²) in [4.78, 5) is 15.8. The van der Waals surface area contributed by atoms with E-state index in [-0.39, 0.29) is 5.97 Å². The third kappa shape index (κ3) is 4.81. The van der Waals surface area contributed by atoms with Crippen LogP contribution < -0.4 is 4.74 Å². The molecule has 0 spiro atoms. The molecule has 1 saturated carbocycles. The third-order valence-electron chi connectivity index (χ3n) is 4.68. The molecule has 0 unspecified atom stereocenters. The van der Waals surface area contributed by atoms with Crippen LogP contribution in [0.15, 0.2) is 42.6 Å². The van der Waals surface area contributed by atoms with Crippen LogP contribution in [0.5, 0.6) is 11.6 Å². The topological polar surface area (TPSA) is 48.4 Å². The standard InChI is InChI=1S/C21H25NO3/c1-2-24-21(23)18-11-14-20(22-15-18)25-19-12-9-17(10-13-19)16-7-5-3-4-6-8-16/h9-16H,2-8H2,1H3. The van der Waals surface area contributed by atoms with Crippen LogP contribution in [-0.4, -0.2) is 17.6 Å². The molecule has 3 rings (SSSR count). The first kappa shape index (κ1) is 17.5. The van der Waals surface area contributed by atoms with E-state index in [4.69, 9.17) is 9.47 Å². The Bertz CT molecular complexity index is 671. The van der Waals surface area contributed by atoms with Crippen LogP contribution in [0.3, 0.4) is 0 Å². The lowest BCUT2D eigenvalue weighted by Gasteiger charge is -2.15. The van der Waals surface area contributed by atoms with Crippen molar-refractivity contribution in [3.05, 3.63) is 53.7 Å². The van der Waals surface area contributed by atoms with Gasteiger partial charge in [-0.15, -0.1) is 0 Å². The molecule has 1 aliphatic carbocycles. The number of carbonyl (C=O) groups is 1. The van der Waals surface area contributed by atoms with E-state index in [1.165, 1.54) is 50.3 Å². The minimum atomic E-state index is -0.366. The number of ether oxygens (including phenoxy) is 2. The van der Waals surface area contributed by atoms with Gasteiger partial charge in [-0.05, 0) is 49.4 Å². The minimum Gasteiger partial charge on any atom is -0.462 e. The Morgan fingerprint density at radius 1 is 1.04 bits per heavy atom. The highest BCUT2D eigenvalue weighted by Gasteiger charge is 2.14. The van der Waals surface area contributed by atoms with E-state index in [1.807, 2.05) is 12.1 Å². The van der Waals surface area contributed by atoms with Gasteiger partial charge in [0.05, 0.1) is 12.2 Å². The maximum Gasteiger partial charge on any atom is 0.339 e. The van der Waals surface area contributed by atoms with Gasteiger partial charge in [0.25, 0.3) is 0 Å². The molecular formula is C21H25NO3. The van der Waals surface area contributed by atoms with Gasteiger partial charge in [0.1, 0.15) is 5.75 Å². The Labute approximate surface area is 149 Å². The van der Waals surface area contributed by atoms with Crippen molar-refractivity contribution in [1.82, 2.24) is 4.98 Å². The second-order valence-electron chi connectivity index (χ2n) is 6.47. The average Bonchev–Trinajstić information content (AvgIpc) is 2.93. The quantitative estimate of drug-likeness (QED) is 0.534. The Hall–Kier alpha value is -2.36. The lowest BCUT2D eigenvalue weighted by Crippen LogP contribution is -2.04. The molecule has 132 valence electrons. The zero-order valence-electron chi connectivity index (χ0n) is 14.7. The summed E-state index contributed by atoms with van der Waals surface area (Å²) in [7, 11) is 0. The second-order valence-corrected chi connectivity index (χ2v) is 6.47. The fourth-order valence-corrected chi connectivity index (χ4v) is 3.32. The molecule has 25 heavy (non-hydrogen) atoms. The summed E-state index contributed by atoms with van der Waals surface area (Å²) in [6, 6.07) is 11.7. The molecule has 2 aromatic rings. The molecule has 1 aliphatic rings. The van der Waals surface area contributed by atoms with Gasteiger partial charge in [0, 0.05) is 12.3 Å². The van der Waals surface area contributed by atoms with Crippen molar-refractivity contribution in [3.8, 4) is 11.6 Å². The monoisotopic (exact) mass is 339 g/mol. The molecule has 1 fully saturated rings. The molecule has 0 radical (unpaired) electrons. The van der Waals surface area contributed by atoms with Crippen molar-refractivity contribution in [2.75, 3.05) is 6.61 Å². The largest absolute Gasteiger partial charge is 0.462 e. The Balaban J connectivity index is 1.62. The van der Waals surface area contributed by atoms with Crippen LogP contribution in [0.4, 0.5) is 0 Å². The highest BCUT2D eigenvalue weighted by atomic mass is 16.5. The SMILES string of the molecule is CCOC(=O)c1ccc(Oc2ccc(C3CCCCCC3)cc2)nc1. The van der Waals surface area contributed by atoms with Crippen molar-refractivity contribution in [3.63, 3.8) is 0 Å². The number of nitrogens with zero attached hydrogens (tertiary/aromatic N) is 1. The molecule has 4 heteroatoms. The fourth-order valence-electron chi connectivity index (χ4n) is 3.32. The summed E-state index contributed by atoms with van der Waals surface area (Å²) in [5, 5.41) is 0. The molecule has 0 bridgehead atoms. The molecule has 0 atom stereocenters. The molecule has 0 N–H and O–H groups in total. The zero-order chi connectivity index (χ0) is 17.5. The molecule has 1 heterocycles. The smallest absolute Gasteiger partial charge is 0.339 e. The van der Waals surface area contributed by atoms with Crippen LogP contribution in [0.25, 0.3) is 0 Å². The first-order valence-electron chi connectivity index (χ1n) is 9.17. The maximum absolute atomic E-state index is 11.6. The summed E-state index contributed by atoms with van der Waals surface area (Å²) in [5.74, 6) is 1.54. The van der Waals surface area contributed by atoms with Gasteiger partial charge in [0.15, 0.2) is 0 Å². The Morgan fingerprint density at radius 3 is 2.36 bits per heavy atom. The van der Waals surface area contributed by atoms with Gasteiger partial charge >= 0.3 is 5.97 Å². The fraction of sp³-hybridized carbons (Fsp3) is 0.429. The van der Waals surface area contributed by atoms with Crippen molar-refractivity contribution >= 4 is 5.97 Å². The van der Waals surface area contributed by atoms with Crippen LogP contribution in [0, 0.1) is 0 Å². The lowest BCUT2D eigenvalue weighted by molar-refractivity contribution is 0.0526. The summed E-state index contributed by atoms with van der Waals surface area (Å²) < 4.78 is 10.7. The van der Waals surface area contributed by atoms with Crippen LogP contribution in [0.1, 0.15) is 67.3 Å². The summed E-state index contributed by atoms with van der Waals surface area (Å²) in [6.45, 7) is 2.13. The van der Waals surface area contributed by atoms with Crippen molar-refractivity contribution < 1.29 is 14.3 Å². The highest BCUT2D eigenvalue weighted by Crippen LogP contribution is 2.32. The minimum absolute atomic E-state index is 0.352. The van der Waals surface area contributed by atoms with Crippen molar-refractivity contribution in [2.24, 2.45) is 0 Å². The molecule has 0 aliphatic heterocycles. The van der Waals surface area contributed by atoms with Gasteiger partial charge in [0.2, 0.25) is 5.88 Å². The number of hydrogen-bond acceptors (Lipinski definition) is 4. The second kappa shape index (κ2) is 8.65. The molecule has 0 amide bonds. The normalized spacial score (nSPS) is 15.4. The van der Waals surface area contributed by atoms with Gasteiger partial charge in [-0.2, -0.15) is 0 Å². The average molecular weight is 339 g/mol. The van der Waals surface area contributed by atoms with E-state index >= 15 is 0 Å². The number of aromatic nitrogens is 1. The Morgan fingerprint density at radius 2 is 1.76 bits per heavy atom. The van der Waals surface area contributed by atoms with Gasteiger partial charge in [-0.1, -0.05) is 37.8 Å². The summed E-state index contributed by atoms with van der Waals surface area (Å²) in [6.07, 6.45) is 9.46. The number of carbonyl (C=O) groups excluding carboxylic acids is 1. The number of esters is 1. The third-order valence-corrected chi connectivity index (χ3v) is 4.68. The summed E-state index contributed by atoms with van der Waals surface area (Å²) in [5.41, 5.74) is 1.83. The lowest BCUT2D eigenvalue weighted by atomic mass is 9.92. The molecule has 1 aromatic heterocycles. The molecule has 1 aromatic carbocycles. The van der Waals surface area contributed by atoms with Crippen molar-refractivity contribution in [2.45, 2.75) is 51.4 Å². The first-order valence-corrected chi connectivity index (χ1v) is 9.17. The van der Waals surface area contributed by atoms with E-state index in [2.05, 4.69) is 17.1 Å². The number of hydrogen-bond donors (Lipinski definition) is 0. The number of pyridine rings is 1. The van der Waals surface area contributed by atoms with Crippen molar-refractivity contribution in [1.29, 1.82) is 0 Å². The molecule has 4 nitrogen and oxygen atoms in total. The van der Waals surface area contributed by atoms with Gasteiger partial charge in [-0.25, -0.2) is 9.78 Å². The molecule has 0 saturated heterocycles. The highest BCUT2D eigenvalue weighted by molar-refractivity contribution is 5.89. The van der Waals surface area contributed by atoms with E-state index < -0.39 is 0 Å². The number of rotatable bonds is 5. The van der Waals surface area contributed by atoms with E-state index in [1.54, 1.807) is 19.1 Å². The van der Waals surface area contributed by atoms with Gasteiger partial charge in [-0.3, -0.25) is 0 Å². The predicted octanol–water partition coefficient (Wildman–Crippen LogP) is 5.49. The number of benzene rings is 1. The van der Waals surface area contributed by atoms with E-state index in [0.29, 0.717) is 24.0 Å². The maximum atomic E-state index is 11.6. The molecular weight excluding hydrogens is 314 g/mol. The Kier molecular flexibility index (Phi) is 6.04. The van der Waals surface area contributed by atoms with Gasteiger partial charge < -0.3 is 9.47 Å².